The molecule has 27 heavy (non-hydrogen) atoms. The first-order valence-corrected chi connectivity index (χ1v) is 9.69. The van der Waals surface area contributed by atoms with Gasteiger partial charge in [-0.1, -0.05) is 13.8 Å². The Morgan fingerprint density at radius 1 is 0.926 bits per heavy atom. The highest BCUT2D eigenvalue weighted by Crippen LogP contribution is 2.33. The van der Waals surface area contributed by atoms with Gasteiger partial charge in [0.05, 0.1) is 39.1 Å². The minimum absolute atomic E-state index is 0.0175. The van der Waals surface area contributed by atoms with Crippen LogP contribution in [0.5, 0.6) is 0 Å². The number of ether oxygens (including phenoxy) is 6. The lowest BCUT2D eigenvalue weighted by Crippen LogP contribution is -2.53. The fraction of sp³-hybridized carbons (Fsp3) is 0.889. The number of esters is 2. The molecular formula is C18H31ClO8. The van der Waals surface area contributed by atoms with Crippen LogP contribution in [-0.4, -0.2) is 76.0 Å². The van der Waals surface area contributed by atoms with E-state index < -0.39 is 18.4 Å². The van der Waals surface area contributed by atoms with E-state index in [2.05, 4.69) is 0 Å². The number of carbonyl (C=O) groups excluding carboxylic acids is 2. The second kappa shape index (κ2) is 13.3. The van der Waals surface area contributed by atoms with E-state index in [1.165, 1.54) is 13.8 Å². The predicted octanol–water partition coefficient (Wildman–Crippen LogP) is 1.77. The zero-order chi connectivity index (χ0) is 20.2. The quantitative estimate of drug-likeness (QED) is 0.273. The van der Waals surface area contributed by atoms with Crippen LogP contribution in [0, 0.1) is 11.8 Å². The van der Waals surface area contributed by atoms with Crippen molar-refractivity contribution in [1.82, 2.24) is 0 Å². The van der Waals surface area contributed by atoms with E-state index in [9.17, 15) is 9.59 Å². The third-order valence-corrected chi connectivity index (χ3v) is 4.52. The Balaban J connectivity index is 2.51. The molecule has 0 aliphatic carbocycles. The highest BCUT2D eigenvalue weighted by molar-refractivity contribution is 6.17. The summed E-state index contributed by atoms with van der Waals surface area (Å²) in [7, 11) is 0. The molecule has 0 radical (unpaired) electrons. The van der Waals surface area contributed by atoms with Gasteiger partial charge in [0.25, 0.3) is 0 Å². The van der Waals surface area contributed by atoms with Crippen LogP contribution in [0.25, 0.3) is 0 Å². The highest BCUT2D eigenvalue weighted by atomic mass is 35.5. The Morgan fingerprint density at radius 3 is 2.15 bits per heavy atom. The van der Waals surface area contributed by atoms with E-state index in [1.807, 2.05) is 13.8 Å². The fourth-order valence-electron chi connectivity index (χ4n) is 2.74. The first kappa shape index (κ1) is 24.1. The molecule has 5 atom stereocenters. The van der Waals surface area contributed by atoms with E-state index >= 15 is 0 Å². The number of carbonyl (C=O) groups is 2. The lowest BCUT2D eigenvalue weighted by Gasteiger charge is -2.43. The summed E-state index contributed by atoms with van der Waals surface area (Å²) in [6.45, 7) is 8.74. The van der Waals surface area contributed by atoms with Crippen molar-refractivity contribution in [2.24, 2.45) is 11.8 Å². The van der Waals surface area contributed by atoms with Crippen molar-refractivity contribution in [2.75, 3.05) is 45.5 Å². The first-order valence-electron chi connectivity index (χ1n) is 9.15. The highest BCUT2D eigenvalue weighted by Gasteiger charge is 2.44. The maximum atomic E-state index is 11.5. The largest absolute Gasteiger partial charge is 0.463 e. The molecule has 0 aromatic heterocycles. The zero-order valence-corrected chi connectivity index (χ0v) is 17.2. The number of rotatable bonds is 12. The molecule has 1 aliphatic rings. The Labute approximate surface area is 165 Å². The molecule has 1 aliphatic heterocycles. The topological polar surface area (TPSA) is 89.5 Å². The van der Waals surface area contributed by atoms with Gasteiger partial charge in [-0.3, -0.25) is 9.59 Å². The third kappa shape index (κ3) is 9.21. The minimum atomic E-state index is -0.753. The van der Waals surface area contributed by atoms with Gasteiger partial charge in [0.1, 0.15) is 6.61 Å². The lowest BCUT2D eigenvalue weighted by molar-refractivity contribution is -0.282. The second-order valence-electron chi connectivity index (χ2n) is 6.42. The minimum Gasteiger partial charge on any atom is -0.463 e. The molecule has 158 valence electrons. The van der Waals surface area contributed by atoms with Crippen molar-refractivity contribution in [1.29, 1.82) is 0 Å². The maximum absolute atomic E-state index is 11.5. The molecule has 0 aromatic rings. The Hall–Kier alpha value is -0.930. The Kier molecular flexibility index (Phi) is 11.9. The summed E-state index contributed by atoms with van der Waals surface area (Å²) in [6.07, 6.45) is -1.64. The normalized spacial score (nSPS) is 28.0. The third-order valence-electron chi connectivity index (χ3n) is 4.37. The number of hydrogen-bond donors (Lipinski definition) is 0. The summed E-state index contributed by atoms with van der Waals surface area (Å²) < 4.78 is 32.8. The van der Waals surface area contributed by atoms with Crippen LogP contribution in [0.3, 0.4) is 0 Å². The molecular weight excluding hydrogens is 380 g/mol. The van der Waals surface area contributed by atoms with Gasteiger partial charge in [-0.2, -0.15) is 0 Å². The molecule has 1 fully saturated rings. The molecule has 9 heteroatoms. The number of halogens is 1. The van der Waals surface area contributed by atoms with Crippen LogP contribution >= 0.6 is 11.6 Å². The van der Waals surface area contributed by atoms with Crippen LogP contribution in [0.15, 0.2) is 0 Å². The summed E-state index contributed by atoms with van der Waals surface area (Å²) in [5.41, 5.74) is 0. The standard InChI is InChI=1S/C18H31ClO8/c1-12-13(2)17(26-15(4)21)18(27-16(12)11-25-14(3)20)24-10-9-23-8-7-22-6-5-19/h12-13,16-18H,5-11H2,1-4H3. The van der Waals surface area contributed by atoms with Crippen LogP contribution in [0.1, 0.15) is 27.7 Å². The van der Waals surface area contributed by atoms with E-state index in [0.29, 0.717) is 32.3 Å². The summed E-state index contributed by atoms with van der Waals surface area (Å²) in [5.74, 6) is -0.336. The van der Waals surface area contributed by atoms with Gasteiger partial charge in [0, 0.05) is 25.6 Å². The van der Waals surface area contributed by atoms with Gasteiger partial charge >= 0.3 is 11.9 Å². The molecule has 0 aromatic carbocycles. The van der Waals surface area contributed by atoms with Crippen molar-refractivity contribution >= 4 is 23.5 Å². The smallest absolute Gasteiger partial charge is 0.303 e. The van der Waals surface area contributed by atoms with Crippen LogP contribution in [0.4, 0.5) is 0 Å². The number of hydrogen-bond acceptors (Lipinski definition) is 8. The van der Waals surface area contributed by atoms with Gasteiger partial charge < -0.3 is 28.4 Å². The molecule has 0 bridgehead atoms. The number of alkyl halides is 1. The summed E-state index contributed by atoms with van der Waals surface area (Å²) in [4.78, 5) is 22.5. The maximum Gasteiger partial charge on any atom is 0.303 e. The average molecular weight is 411 g/mol. The van der Waals surface area contributed by atoms with Crippen LogP contribution in [-0.2, 0) is 38.0 Å². The Morgan fingerprint density at radius 2 is 1.56 bits per heavy atom. The summed E-state index contributed by atoms with van der Waals surface area (Å²) >= 11 is 5.51. The van der Waals surface area contributed by atoms with Crippen LogP contribution < -0.4 is 0 Å². The average Bonchev–Trinajstić information content (AvgIpc) is 2.61. The predicted molar refractivity (Wildman–Crippen MR) is 97.5 cm³/mol. The Bertz CT molecular complexity index is 445. The second-order valence-corrected chi connectivity index (χ2v) is 6.80. The zero-order valence-electron chi connectivity index (χ0n) is 16.5. The molecule has 0 spiro atoms. The molecule has 0 N–H and O–H groups in total. The van der Waals surface area contributed by atoms with Crippen molar-refractivity contribution in [3.63, 3.8) is 0 Å². The molecule has 0 amide bonds. The van der Waals surface area contributed by atoms with Gasteiger partial charge in [-0.05, 0) is 5.92 Å². The summed E-state index contributed by atoms with van der Waals surface area (Å²) in [5, 5.41) is 0. The van der Waals surface area contributed by atoms with Gasteiger partial charge in [-0.25, -0.2) is 0 Å². The van der Waals surface area contributed by atoms with E-state index in [0.717, 1.165) is 0 Å². The van der Waals surface area contributed by atoms with E-state index in [4.69, 9.17) is 40.0 Å². The molecule has 1 heterocycles. The van der Waals surface area contributed by atoms with E-state index in [1.54, 1.807) is 0 Å². The van der Waals surface area contributed by atoms with E-state index in [-0.39, 0.29) is 37.1 Å². The molecule has 1 rings (SSSR count). The molecule has 0 saturated carbocycles. The van der Waals surface area contributed by atoms with Crippen molar-refractivity contribution < 1.29 is 38.0 Å². The fourth-order valence-corrected chi connectivity index (χ4v) is 2.85. The summed E-state index contributed by atoms with van der Waals surface area (Å²) in [6, 6.07) is 0. The van der Waals surface area contributed by atoms with Crippen molar-refractivity contribution in [2.45, 2.75) is 46.2 Å². The first-order chi connectivity index (χ1) is 12.9. The van der Waals surface area contributed by atoms with Crippen molar-refractivity contribution in [3.05, 3.63) is 0 Å². The van der Waals surface area contributed by atoms with Gasteiger partial charge in [0.15, 0.2) is 12.4 Å². The van der Waals surface area contributed by atoms with Gasteiger partial charge in [0.2, 0.25) is 0 Å². The van der Waals surface area contributed by atoms with Crippen molar-refractivity contribution in [3.8, 4) is 0 Å². The van der Waals surface area contributed by atoms with Crippen LogP contribution in [0.2, 0.25) is 0 Å². The molecule has 1 saturated heterocycles. The molecule has 5 unspecified atom stereocenters. The lowest BCUT2D eigenvalue weighted by atomic mass is 9.83. The molecule has 8 nitrogen and oxygen atoms in total. The monoisotopic (exact) mass is 410 g/mol. The van der Waals surface area contributed by atoms with Gasteiger partial charge in [-0.15, -0.1) is 11.6 Å². The SMILES string of the molecule is CC(=O)OCC1OC(OCCOCCOCCCl)C(OC(C)=O)C(C)C1C.